The summed E-state index contributed by atoms with van der Waals surface area (Å²) in [7, 11) is 0. The smallest absolute Gasteiger partial charge is 0.458 e. The largest absolute Gasteiger partial charge is 0.489 e. The molecule has 0 aliphatic carbocycles. The van der Waals surface area contributed by atoms with Gasteiger partial charge in [0.2, 0.25) is 0 Å². The van der Waals surface area contributed by atoms with Crippen LogP contribution >= 0.6 is 11.6 Å². The summed E-state index contributed by atoms with van der Waals surface area (Å²) in [5.41, 5.74) is -1.31. The number of ether oxygens (including phenoxy) is 1. The van der Waals surface area contributed by atoms with Gasteiger partial charge in [0.15, 0.2) is 0 Å². The van der Waals surface area contributed by atoms with Gasteiger partial charge in [0.1, 0.15) is 17.0 Å². The van der Waals surface area contributed by atoms with Crippen LogP contribution in [0.1, 0.15) is 42.6 Å². The lowest BCUT2D eigenvalue weighted by atomic mass is 9.86. The van der Waals surface area contributed by atoms with Crippen LogP contribution in [0, 0.1) is 11.8 Å². The normalized spacial score (nSPS) is 16.4. The van der Waals surface area contributed by atoms with Crippen LogP contribution in [0.25, 0.3) is 0 Å². The summed E-state index contributed by atoms with van der Waals surface area (Å²) in [5.74, 6) is -6.65. The first-order valence-electron chi connectivity index (χ1n) is 10.8. The van der Waals surface area contributed by atoms with Gasteiger partial charge in [-0.25, -0.2) is 4.98 Å². The van der Waals surface area contributed by atoms with E-state index in [1.807, 2.05) is 13.8 Å². The minimum atomic E-state index is -5.82. The fraction of sp³-hybridized carbons (Fsp3) is 0.478. The van der Waals surface area contributed by atoms with E-state index in [1.54, 1.807) is 0 Å². The zero-order valence-corrected chi connectivity index (χ0v) is 19.3. The van der Waals surface area contributed by atoms with Gasteiger partial charge in [-0.1, -0.05) is 25.4 Å². The van der Waals surface area contributed by atoms with Gasteiger partial charge >= 0.3 is 12.1 Å². The third-order valence-corrected chi connectivity index (χ3v) is 6.01. The number of carbonyl (C=O) groups excluding carboxylic acids is 1. The minimum Gasteiger partial charge on any atom is -0.489 e. The molecular weight excluding hydrogens is 481 g/mol. The number of hydrogen-bond donors (Lipinski definition) is 2. The molecular formula is C23H25ClF5N3O2. The summed E-state index contributed by atoms with van der Waals surface area (Å²) in [4.78, 5) is 16.3. The maximum atomic E-state index is 14.4. The van der Waals surface area contributed by atoms with Gasteiger partial charge in [-0.05, 0) is 62.0 Å². The Kier molecular flexibility index (Phi) is 8.02. The molecule has 1 aliphatic rings. The molecule has 2 heterocycles. The average molecular weight is 506 g/mol. The molecule has 1 aliphatic heterocycles. The number of benzene rings is 1. The number of amides is 1. The van der Waals surface area contributed by atoms with E-state index in [9.17, 15) is 26.7 Å². The Balaban J connectivity index is 1.99. The summed E-state index contributed by atoms with van der Waals surface area (Å²) in [6, 6.07) is 5.48. The number of aromatic nitrogens is 1. The SMILES string of the molecule is CC(C)C(Oc1cc(NC(=O)c2cccnc2Cl)ccc1C(F)(F)C(F)(F)F)C1CCNCC1. The predicted octanol–water partition coefficient (Wildman–Crippen LogP) is 6.04. The van der Waals surface area contributed by atoms with Crippen molar-refractivity contribution in [2.24, 2.45) is 11.8 Å². The van der Waals surface area contributed by atoms with Gasteiger partial charge in [0.25, 0.3) is 5.91 Å². The Bertz CT molecular complexity index is 1010. The monoisotopic (exact) mass is 505 g/mol. The minimum absolute atomic E-state index is 0.0190. The highest BCUT2D eigenvalue weighted by Gasteiger charge is 2.60. The van der Waals surface area contributed by atoms with Gasteiger partial charge in [-0.2, -0.15) is 22.0 Å². The van der Waals surface area contributed by atoms with Crippen molar-refractivity contribution in [2.75, 3.05) is 18.4 Å². The average Bonchev–Trinajstić information content (AvgIpc) is 2.77. The Morgan fingerprint density at radius 2 is 1.85 bits per heavy atom. The molecule has 1 unspecified atom stereocenters. The number of anilines is 1. The first kappa shape index (κ1) is 26.2. The van der Waals surface area contributed by atoms with Crippen LogP contribution in [0.5, 0.6) is 5.75 Å². The number of pyridine rings is 1. The molecule has 1 amide bonds. The Morgan fingerprint density at radius 3 is 2.44 bits per heavy atom. The van der Waals surface area contributed by atoms with Crippen molar-refractivity contribution in [3.63, 3.8) is 0 Å². The van der Waals surface area contributed by atoms with E-state index in [-0.39, 0.29) is 28.2 Å². The maximum Gasteiger partial charge on any atom is 0.458 e. The van der Waals surface area contributed by atoms with Crippen LogP contribution in [0.15, 0.2) is 36.5 Å². The number of carbonyl (C=O) groups is 1. The fourth-order valence-corrected chi connectivity index (χ4v) is 4.16. The maximum absolute atomic E-state index is 14.4. The Hall–Kier alpha value is -2.46. The van der Waals surface area contributed by atoms with Crippen molar-refractivity contribution in [3.05, 3.63) is 52.8 Å². The molecule has 11 heteroatoms. The number of halogens is 6. The molecule has 1 atom stereocenters. The first-order chi connectivity index (χ1) is 15.9. The van der Waals surface area contributed by atoms with Crippen molar-refractivity contribution in [1.29, 1.82) is 0 Å². The van der Waals surface area contributed by atoms with Gasteiger partial charge in [0, 0.05) is 18.0 Å². The summed E-state index contributed by atoms with van der Waals surface area (Å²) in [6.45, 7) is 5.05. The van der Waals surface area contributed by atoms with Crippen LogP contribution in [-0.2, 0) is 5.92 Å². The van der Waals surface area contributed by atoms with E-state index >= 15 is 0 Å². The number of nitrogens with one attached hydrogen (secondary N) is 2. The van der Waals surface area contributed by atoms with E-state index in [4.69, 9.17) is 16.3 Å². The summed E-state index contributed by atoms with van der Waals surface area (Å²) in [6.07, 6.45) is -3.63. The molecule has 0 saturated carbocycles. The molecule has 0 bridgehead atoms. The quantitative estimate of drug-likeness (QED) is 0.355. The lowest BCUT2D eigenvalue weighted by Crippen LogP contribution is -2.40. The predicted molar refractivity (Wildman–Crippen MR) is 118 cm³/mol. The molecule has 5 nitrogen and oxygen atoms in total. The van der Waals surface area contributed by atoms with E-state index < -0.39 is 35.4 Å². The number of hydrogen-bond acceptors (Lipinski definition) is 4. The van der Waals surface area contributed by atoms with E-state index in [1.165, 1.54) is 18.3 Å². The van der Waals surface area contributed by atoms with Crippen molar-refractivity contribution >= 4 is 23.2 Å². The molecule has 2 aromatic rings. The second kappa shape index (κ2) is 10.4. The van der Waals surface area contributed by atoms with Crippen molar-refractivity contribution in [2.45, 2.75) is 44.9 Å². The van der Waals surface area contributed by atoms with Crippen LogP contribution in [-0.4, -0.2) is 36.3 Å². The van der Waals surface area contributed by atoms with E-state index in [2.05, 4.69) is 15.6 Å². The van der Waals surface area contributed by atoms with Gasteiger partial charge in [-0.3, -0.25) is 4.79 Å². The number of rotatable bonds is 7. The molecule has 3 rings (SSSR count). The molecule has 1 aromatic heterocycles. The highest BCUT2D eigenvalue weighted by Crippen LogP contribution is 2.48. The second-order valence-electron chi connectivity index (χ2n) is 8.49. The molecule has 1 saturated heterocycles. The fourth-order valence-electron chi connectivity index (χ4n) is 3.96. The first-order valence-corrected chi connectivity index (χ1v) is 11.2. The number of alkyl halides is 5. The standard InChI is InChI=1S/C23H25ClF5N3O2/c1-13(2)19(14-7-10-30-11-8-14)34-18-12-15(5-6-17(18)22(25,26)23(27,28)29)32-21(33)16-4-3-9-31-20(16)24/h3-6,9,12-14,19,30H,7-8,10-11H2,1-2H3,(H,32,33). The summed E-state index contributed by atoms with van der Waals surface area (Å²) < 4.78 is 74.3. The zero-order chi connectivity index (χ0) is 25.1. The molecule has 0 radical (unpaired) electrons. The van der Waals surface area contributed by atoms with Gasteiger partial charge < -0.3 is 15.4 Å². The topological polar surface area (TPSA) is 63.2 Å². The molecule has 0 spiro atoms. The molecule has 1 aromatic carbocycles. The van der Waals surface area contributed by atoms with Gasteiger partial charge in [-0.15, -0.1) is 0 Å². The van der Waals surface area contributed by atoms with Crippen molar-refractivity contribution < 1.29 is 31.5 Å². The van der Waals surface area contributed by atoms with Crippen LogP contribution in [0.3, 0.4) is 0 Å². The van der Waals surface area contributed by atoms with Gasteiger partial charge in [0.05, 0.1) is 11.1 Å². The van der Waals surface area contributed by atoms with Crippen LogP contribution in [0.4, 0.5) is 27.6 Å². The lowest BCUT2D eigenvalue weighted by molar-refractivity contribution is -0.289. The highest BCUT2D eigenvalue weighted by molar-refractivity contribution is 6.33. The summed E-state index contributed by atoms with van der Waals surface area (Å²) in [5, 5.41) is 5.57. The molecule has 34 heavy (non-hydrogen) atoms. The van der Waals surface area contributed by atoms with Crippen LogP contribution < -0.4 is 15.4 Å². The van der Waals surface area contributed by atoms with Crippen LogP contribution in [0.2, 0.25) is 5.15 Å². The second-order valence-corrected chi connectivity index (χ2v) is 8.85. The van der Waals surface area contributed by atoms with E-state index in [0.29, 0.717) is 32.0 Å². The van der Waals surface area contributed by atoms with E-state index in [0.717, 1.165) is 12.1 Å². The third kappa shape index (κ3) is 5.78. The van der Waals surface area contributed by atoms with Crippen molar-refractivity contribution in [1.82, 2.24) is 10.3 Å². The lowest BCUT2D eigenvalue weighted by Gasteiger charge is -2.35. The Labute approximate surface area is 199 Å². The van der Waals surface area contributed by atoms with Crippen molar-refractivity contribution in [3.8, 4) is 5.75 Å². The number of nitrogens with zero attached hydrogens (tertiary/aromatic N) is 1. The zero-order valence-electron chi connectivity index (χ0n) is 18.6. The highest BCUT2D eigenvalue weighted by atomic mass is 35.5. The molecule has 2 N–H and O–H groups in total. The third-order valence-electron chi connectivity index (χ3n) is 5.71. The Morgan fingerprint density at radius 1 is 1.18 bits per heavy atom. The molecule has 1 fully saturated rings. The number of piperidine rings is 1. The summed E-state index contributed by atoms with van der Waals surface area (Å²) >= 11 is 5.92. The molecule has 186 valence electrons.